The fourth-order valence-corrected chi connectivity index (χ4v) is 1.40. The van der Waals surface area contributed by atoms with Crippen LogP contribution in [0.5, 0.6) is 0 Å². The molecule has 0 aromatic carbocycles. The van der Waals surface area contributed by atoms with Crippen LogP contribution in [0.3, 0.4) is 0 Å². The number of aldehydes is 1. The van der Waals surface area contributed by atoms with Crippen LogP contribution >= 0.6 is 0 Å². The monoisotopic (exact) mass is 193 g/mol. The first-order valence-electron chi connectivity index (χ1n) is 3.26. The van der Waals surface area contributed by atoms with Gasteiger partial charge in [0.25, 0.3) is 0 Å². The Morgan fingerprint density at radius 3 is 2.25 bits per heavy atom. The van der Waals surface area contributed by atoms with E-state index in [1.807, 2.05) is 0 Å². The number of hydrogen-bond donors (Lipinski definition) is 0. The molecular weight excluding hydrogens is 182 g/mol. The highest BCUT2D eigenvalue weighted by Crippen LogP contribution is 1.95. The van der Waals surface area contributed by atoms with Gasteiger partial charge in [0, 0.05) is 0 Å². The Morgan fingerprint density at radius 2 is 2.00 bits per heavy atom. The van der Waals surface area contributed by atoms with E-state index >= 15 is 0 Å². The van der Waals surface area contributed by atoms with E-state index in [-0.39, 0.29) is 18.9 Å². The third-order valence-corrected chi connectivity index (χ3v) is 2.36. The Bertz CT molecular complexity index is 269. The van der Waals surface area contributed by atoms with E-state index in [4.69, 9.17) is 0 Å². The van der Waals surface area contributed by atoms with E-state index in [2.05, 4.69) is 0 Å². The van der Waals surface area contributed by atoms with Crippen LogP contribution in [0.15, 0.2) is 0 Å². The lowest BCUT2D eigenvalue weighted by Crippen LogP contribution is -2.35. The number of carbonyl (C=O) groups excluding carboxylic acids is 2. The van der Waals surface area contributed by atoms with Gasteiger partial charge in [0.15, 0.2) is 0 Å². The number of carbonyl (C=O) groups is 2. The molecule has 5 nitrogen and oxygen atoms in total. The van der Waals surface area contributed by atoms with Crippen LogP contribution in [-0.2, 0) is 19.6 Å². The van der Waals surface area contributed by atoms with Crippen molar-refractivity contribution in [2.75, 3.05) is 19.3 Å². The topological polar surface area (TPSA) is 71.5 Å². The third-order valence-electron chi connectivity index (χ3n) is 1.15. The number of ketones is 1. The van der Waals surface area contributed by atoms with Crippen LogP contribution < -0.4 is 0 Å². The molecule has 0 rings (SSSR count). The molecule has 0 atom stereocenters. The Hall–Kier alpha value is -0.750. The maximum absolute atomic E-state index is 10.9. The molecular formula is C6H11NO4S. The minimum absolute atomic E-state index is 0.239. The molecule has 0 bridgehead atoms. The molecule has 0 aliphatic carbocycles. The average molecular weight is 193 g/mol. The lowest BCUT2D eigenvalue weighted by Gasteiger charge is -2.14. The molecule has 0 amide bonds. The van der Waals surface area contributed by atoms with Crippen molar-refractivity contribution in [2.24, 2.45) is 0 Å². The zero-order valence-corrected chi connectivity index (χ0v) is 7.80. The minimum atomic E-state index is -3.44. The highest BCUT2D eigenvalue weighted by molar-refractivity contribution is 7.88. The van der Waals surface area contributed by atoms with Gasteiger partial charge in [-0.25, -0.2) is 8.42 Å². The predicted octanol–water partition coefficient (Wildman–Crippen LogP) is -0.964. The quantitative estimate of drug-likeness (QED) is 0.527. The zero-order valence-electron chi connectivity index (χ0n) is 6.98. The first kappa shape index (κ1) is 11.2. The van der Waals surface area contributed by atoms with E-state index in [1.54, 1.807) is 0 Å². The summed E-state index contributed by atoms with van der Waals surface area (Å²) >= 11 is 0. The predicted molar refractivity (Wildman–Crippen MR) is 43.2 cm³/mol. The van der Waals surface area contributed by atoms with Gasteiger partial charge in [-0.1, -0.05) is 0 Å². The first-order chi connectivity index (χ1) is 5.38. The van der Waals surface area contributed by atoms with Crippen molar-refractivity contribution in [3.63, 3.8) is 0 Å². The Kier molecular flexibility index (Phi) is 4.05. The summed E-state index contributed by atoms with van der Waals surface area (Å²) in [4.78, 5) is 20.6. The van der Waals surface area contributed by atoms with E-state index in [0.29, 0.717) is 6.29 Å². The normalized spacial score (nSPS) is 11.6. The van der Waals surface area contributed by atoms with Gasteiger partial charge in [0.05, 0.1) is 19.3 Å². The lowest BCUT2D eigenvalue weighted by atomic mass is 10.4. The molecule has 0 aliphatic rings. The second-order valence-corrected chi connectivity index (χ2v) is 4.41. The Morgan fingerprint density at radius 1 is 1.50 bits per heavy atom. The molecule has 0 aromatic rings. The van der Waals surface area contributed by atoms with Crippen LogP contribution in [0.25, 0.3) is 0 Å². The van der Waals surface area contributed by atoms with Crippen LogP contribution in [0.2, 0.25) is 0 Å². The average Bonchev–Trinajstić information content (AvgIpc) is 1.83. The summed E-state index contributed by atoms with van der Waals surface area (Å²) in [6.45, 7) is 0.763. The van der Waals surface area contributed by atoms with Gasteiger partial charge in [-0.2, -0.15) is 4.31 Å². The van der Waals surface area contributed by atoms with Crippen molar-refractivity contribution < 1.29 is 18.0 Å². The maximum Gasteiger partial charge on any atom is 0.212 e. The number of sulfonamides is 1. The van der Waals surface area contributed by atoms with E-state index in [1.165, 1.54) is 6.92 Å². The molecule has 0 aliphatic heterocycles. The maximum atomic E-state index is 10.9. The molecule has 70 valence electrons. The van der Waals surface area contributed by atoms with Crippen LogP contribution in [0.1, 0.15) is 6.92 Å². The molecule has 0 radical (unpaired) electrons. The summed E-state index contributed by atoms with van der Waals surface area (Å²) in [7, 11) is -3.44. The molecule has 0 heterocycles. The van der Waals surface area contributed by atoms with Crippen molar-refractivity contribution in [1.82, 2.24) is 4.31 Å². The lowest BCUT2D eigenvalue weighted by molar-refractivity contribution is -0.117. The van der Waals surface area contributed by atoms with Gasteiger partial charge in [-0.05, 0) is 6.92 Å². The van der Waals surface area contributed by atoms with Gasteiger partial charge in [0.1, 0.15) is 12.1 Å². The van der Waals surface area contributed by atoms with E-state index in [0.717, 1.165) is 10.6 Å². The summed E-state index contributed by atoms with van der Waals surface area (Å²) in [5, 5.41) is 0. The SMILES string of the molecule is CC(=O)CN(CC=O)S(C)(=O)=O. The highest BCUT2D eigenvalue weighted by Gasteiger charge is 2.16. The molecule has 0 saturated carbocycles. The molecule has 0 unspecified atom stereocenters. The summed E-state index contributed by atoms with van der Waals surface area (Å²) in [5.74, 6) is -0.290. The summed E-state index contributed by atoms with van der Waals surface area (Å²) in [6, 6.07) is 0. The molecule has 0 aromatic heterocycles. The minimum Gasteiger partial charge on any atom is -0.302 e. The van der Waals surface area contributed by atoms with Gasteiger partial charge in [0.2, 0.25) is 10.0 Å². The molecule has 0 saturated heterocycles. The summed E-state index contributed by atoms with van der Waals surface area (Å²) in [6.07, 6.45) is 1.41. The van der Waals surface area contributed by atoms with E-state index < -0.39 is 10.0 Å². The Balaban J connectivity index is 4.44. The number of hydrogen-bond acceptors (Lipinski definition) is 4. The van der Waals surface area contributed by atoms with Crippen LogP contribution in [-0.4, -0.2) is 44.1 Å². The second-order valence-electron chi connectivity index (χ2n) is 2.42. The fourth-order valence-electron chi connectivity index (χ4n) is 0.649. The second kappa shape index (κ2) is 4.32. The number of nitrogens with zero attached hydrogens (tertiary/aromatic N) is 1. The van der Waals surface area contributed by atoms with Crippen LogP contribution in [0, 0.1) is 0 Å². The molecule has 0 fully saturated rings. The number of rotatable bonds is 5. The highest BCUT2D eigenvalue weighted by atomic mass is 32.2. The molecule has 0 N–H and O–H groups in total. The van der Waals surface area contributed by atoms with Crippen molar-refractivity contribution >= 4 is 22.1 Å². The van der Waals surface area contributed by atoms with Crippen molar-refractivity contribution in [3.05, 3.63) is 0 Å². The zero-order chi connectivity index (χ0) is 9.78. The smallest absolute Gasteiger partial charge is 0.212 e. The summed E-state index contributed by atoms with van der Waals surface area (Å²) < 4.78 is 22.6. The molecule has 12 heavy (non-hydrogen) atoms. The van der Waals surface area contributed by atoms with Crippen molar-refractivity contribution in [2.45, 2.75) is 6.92 Å². The summed E-state index contributed by atoms with van der Waals surface area (Å²) in [5.41, 5.74) is 0. The van der Waals surface area contributed by atoms with Gasteiger partial charge in [-0.15, -0.1) is 0 Å². The van der Waals surface area contributed by atoms with Crippen molar-refractivity contribution in [1.29, 1.82) is 0 Å². The van der Waals surface area contributed by atoms with Gasteiger partial charge < -0.3 is 4.79 Å². The van der Waals surface area contributed by atoms with Gasteiger partial charge >= 0.3 is 0 Å². The fraction of sp³-hybridized carbons (Fsp3) is 0.667. The van der Waals surface area contributed by atoms with Crippen molar-refractivity contribution in [3.8, 4) is 0 Å². The number of Topliss-reactive ketones (excluding diaryl/α,β-unsaturated/α-hetero) is 1. The third kappa shape index (κ3) is 4.20. The van der Waals surface area contributed by atoms with E-state index in [9.17, 15) is 18.0 Å². The standard InChI is InChI=1S/C6H11NO4S/c1-6(9)5-7(3-4-8)12(2,10)11/h4H,3,5H2,1-2H3. The first-order valence-corrected chi connectivity index (χ1v) is 5.11. The molecule has 0 spiro atoms. The van der Waals surface area contributed by atoms with Crippen LogP contribution in [0.4, 0.5) is 0 Å². The Labute approximate surface area is 71.4 Å². The van der Waals surface area contributed by atoms with Gasteiger partial charge in [-0.3, -0.25) is 4.79 Å². The largest absolute Gasteiger partial charge is 0.302 e. The molecule has 6 heteroatoms.